The predicted octanol–water partition coefficient (Wildman–Crippen LogP) is 4.03. The maximum atomic E-state index is 11.9. The van der Waals surface area contributed by atoms with Gasteiger partial charge in [-0.25, -0.2) is 0 Å². The van der Waals surface area contributed by atoms with Gasteiger partial charge in [-0.1, -0.05) is 23.7 Å². The fourth-order valence-electron chi connectivity index (χ4n) is 4.08. The number of fused-ring (bicyclic) bond motifs is 2. The van der Waals surface area contributed by atoms with Crippen LogP contribution in [0.5, 0.6) is 0 Å². The molecule has 3 nitrogen and oxygen atoms in total. The number of hydrogen-bond acceptors (Lipinski definition) is 2. The first-order valence-electron chi connectivity index (χ1n) is 7.91. The molecule has 0 saturated carbocycles. The van der Waals surface area contributed by atoms with E-state index in [9.17, 15) is 4.79 Å². The summed E-state index contributed by atoms with van der Waals surface area (Å²) in [4.78, 5) is 14.4. The lowest BCUT2D eigenvalue weighted by atomic mass is 9.82. The van der Waals surface area contributed by atoms with Crippen molar-refractivity contribution < 1.29 is 4.79 Å². The van der Waals surface area contributed by atoms with Gasteiger partial charge in [0.25, 0.3) is 0 Å². The molecule has 2 aliphatic rings. The van der Waals surface area contributed by atoms with Gasteiger partial charge in [0.05, 0.1) is 6.04 Å². The SMILES string of the molecule is CN1C2CCC1CC(C(NC(=O)CCl)c1ccc(Cl)cc1)C2.Cl. The van der Waals surface area contributed by atoms with Gasteiger partial charge in [0.15, 0.2) is 0 Å². The summed E-state index contributed by atoms with van der Waals surface area (Å²) < 4.78 is 0. The van der Waals surface area contributed by atoms with Crippen molar-refractivity contribution in [1.82, 2.24) is 10.2 Å². The second kappa shape index (κ2) is 8.06. The number of halogens is 3. The van der Waals surface area contributed by atoms with E-state index >= 15 is 0 Å². The number of carbonyl (C=O) groups excluding carboxylic acids is 1. The number of piperidine rings is 1. The van der Waals surface area contributed by atoms with E-state index in [1.165, 1.54) is 12.8 Å². The molecule has 3 unspecified atom stereocenters. The van der Waals surface area contributed by atoms with Crippen molar-refractivity contribution in [1.29, 1.82) is 0 Å². The largest absolute Gasteiger partial charge is 0.348 e. The van der Waals surface area contributed by atoms with Crippen LogP contribution in [-0.4, -0.2) is 35.8 Å². The lowest BCUT2D eigenvalue weighted by Crippen LogP contribution is -2.45. The predicted molar refractivity (Wildman–Crippen MR) is 97.6 cm³/mol. The van der Waals surface area contributed by atoms with Crippen molar-refractivity contribution in [2.24, 2.45) is 5.92 Å². The van der Waals surface area contributed by atoms with E-state index in [0.29, 0.717) is 18.0 Å². The molecule has 2 aliphatic heterocycles. The molecule has 1 aromatic carbocycles. The highest BCUT2D eigenvalue weighted by Gasteiger charge is 2.41. The van der Waals surface area contributed by atoms with Crippen LogP contribution in [0.15, 0.2) is 24.3 Å². The zero-order valence-corrected chi connectivity index (χ0v) is 15.5. The topological polar surface area (TPSA) is 32.3 Å². The molecule has 0 aromatic heterocycles. The Morgan fingerprint density at radius 1 is 1.26 bits per heavy atom. The summed E-state index contributed by atoms with van der Waals surface area (Å²) >= 11 is 11.7. The minimum atomic E-state index is -0.104. The van der Waals surface area contributed by atoms with E-state index in [-0.39, 0.29) is 30.2 Å². The Hall–Kier alpha value is -0.480. The summed E-state index contributed by atoms with van der Waals surface area (Å²) in [5.74, 6) is 0.360. The molecule has 23 heavy (non-hydrogen) atoms. The standard InChI is InChI=1S/C17H22Cl2N2O.ClH/c1-21-14-6-7-15(21)9-12(8-14)17(20-16(22)10-18)11-2-4-13(19)5-3-11;/h2-5,12,14-15,17H,6-10H2,1H3,(H,20,22);1H. The molecule has 0 radical (unpaired) electrons. The first kappa shape index (κ1) is 18.9. The Morgan fingerprint density at radius 2 is 1.83 bits per heavy atom. The van der Waals surface area contributed by atoms with Gasteiger partial charge in [0.2, 0.25) is 5.91 Å². The molecule has 2 fully saturated rings. The Balaban J connectivity index is 0.00000192. The van der Waals surface area contributed by atoms with Gasteiger partial charge in [-0.05, 0) is 56.3 Å². The number of nitrogens with zero attached hydrogens (tertiary/aromatic N) is 1. The molecule has 2 saturated heterocycles. The van der Waals surface area contributed by atoms with Crippen LogP contribution in [0.25, 0.3) is 0 Å². The molecule has 6 heteroatoms. The number of alkyl halides is 1. The summed E-state index contributed by atoms with van der Waals surface area (Å²) in [5, 5.41) is 3.84. The second-order valence-corrected chi connectivity index (χ2v) is 7.22. The summed E-state index contributed by atoms with van der Waals surface area (Å²) in [5.41, 5.74) is 1.12. The van der Waals surface area contributed by atoms with Crippen molar-refractivity contribution >= 4 is 41.5 Å². The van der Waals surface area contributed by atoms with Gasteiger partial charge < -0.3 is 10.2 Å². The monoisotopic (exact) mass is 376 g/mol. The van der Waals surface area contributed by atoms with Crippen molar-refractivity contribution in [3.8, 4) is 0 Å². The number of nitrogens with one attached hydrogen (secondary N) is 1. The Labute approximate surface area is 154 Å². The van der Waals surface area contributed by atoms with Gasteiger partial charge in [-0.3, -0.25) is 4.79 Å². The first-order chi connectivity index (χ1) is 10.6. The fraction of sp³-hybridized carbons (Fsp3) is 0.588. The van der Waals surface area contributed by atoms with Crippen molar-refractivity contribution in [2.75, 3.05) is 12.9 Å². The third kappa shape index (κ3) is 4.14. The van der Waals surface area contributed by atoms with Gasteiger partial charge in [-0.2, -0.15) is 0 Å². The van der Waals surface area contributed by atoms with E-state index in [0.717, 1.165) is 23.4 Å². The van der Waals surface area contributed by atoms with Crippen LogP contribution in [0.3, 0.4) is 0 Å². The molecular formula is C17H23Cl3N2O. The summed E-state index contributed by atoms with van der Waals surface area (Å²) in [6.45, 7) is 0. The van der Waals surface area contributed by atoms with E-state index in [2.05, 4.69) is 17.3 Å². The van der Waals surface area contributed by atoms with E-state index < -0.39 is 0 Å². The molecule has 0 spiro atoms. The van der Waals surface area contributed by atoms with Crippen LogP contribution in [0.2, 0.25) is 5.02 Å². The number of amides is 1. The molecular weight excluding hydrogens is 355 g/mol. The van der Waals surface area contributed by atoms with Crippen LogP contribution in [0, 0.1) is 5.92 Å². The van der Waals surface area contributed by atoms with Gasteiger partial charge in [0.1, 0.15) is 5.88 Å². The first-order valence-corrected chi connectivity index (χ1v) is 8.82. The Morgan fingerprint density at radius 3 is 2.35 bits per heavy atom. The average Bonchev–Trinajstić information content (AvgIpc) is 2.75. The van der Waals surface area contributed by atoms with Gasteiger partial charge in [0, 0.05) is 17.1 Å². The highest BCUT2D eigenvalue weighted by Crippen LogP contribution is 2.42. The highest BCUT2D eigenvalue weighted by atomic mass is 35.5. The van der Waals surface area contributed by atoms with Crippen molar-refractivity contribution in [2.45, 2.75) is 43.8 Å². The normalized spacial score (nSPS) is 28.0. The Kier molecular flexibility index (Phi) is 6.61. The van der Waals surface area contributed by atoms with Crippen LogP contribution in [0.4, 0.5) is 0 Å². The van der Waals surface area contributed by atoms with E-state index in [4.69, 9.17) is 23.2 Å². The summed E-state index contributed by atoms with van der Waals surface area (Å²) in [6, 6.07) is 9.13. The summed E-state index contributed by atoms with van der Waals surface area (Å²) in [7, 11) is 2.23. The maximum absolute atomic E-state index is 11.9. The number of rotatable bonds is 4. The van der Waals surface area contributed by atoms with Crippen LogP contribution < -0.4 is 5.32 Å². The molecule has 2 heterocycles. The van der Waals surface area contributed by atoms with E-state index in [1.54, 1.807) is 0 Å². The lowest BCUT2D eigenvalue weighted by molar-refractivity contribution is -0.120. The van der Waals surface area contributed by atoms with Crippen LogP contribution in [0.1, 0.15) is 37.3 Å². The van der Waals surface area contributed by atoms with Crippen molar-refractivity contribution in [3.05, 3.63) is 34.9 Å². The minimum absolute atomic E-state index is 0. The van der Waals surface area contributed by atoms with E-state index in [1.807, 2.05) is 24.3 Å². The minimum Gasteiger partial charge on any atom is -0.348 e. The third-order valence-corrected chi connectivity index (χ3v) is 5.77. The van der Waals surface area contributed by atoms with Gasteiger partial charge >= 0.3 is 0 Å². The highest BCUT2D eigenvalue weighted by molar-refractivity contribution is 6.30. The van der Waals surface area contributed by atoms with Crippen molar-refractivity contribution in [3.63, 3.8) is 0 Å². The third-order valence-electron chi connectivity index (χ3n) is 5.27. The second-order valence-electron chi connectivity index (χ2n) is 6.51. The number of benzene rings is 1. The smallest absolute Gasteiger partial charge is 0.235 e. The molecule has 2 bridgehead atoms. The Bertz CT molecular complexity index is 523. The number of carbonyl (C=O) groups is 1. The molecule has 0 aliphatic carbocycles. The molecule has 3 atom stereocenters. The lowest BCUT2D eigenvalue weighted by Gasteiger charge is -2.40. The average molecular weight is 378 g/mol. The van der Waals surface area contributed by atoms with Gasteiger partial charge in [-0.15, -0.1) is 24.0 Å². The zero-order chi connectivity index (χ0) is 15.7. The molecule has 1 aromatic rings. The summed E-state index contributed by atoms with van der Waals surface area (Å²) in [6.07, 6.45) is 4.80. The quantitative estimate of drug-likeness (QED) is 0.803. The van der Waals surface area contributed by atoms with Crippen LogP contribution >= 0.6 is 35.6 Å². The molecule has 1 amide bonds. The number of hydrogen-bond donors (Lipinski definition) is 1. The molecule has 128 valence electrons. The fourth-order valence-corrected chi connectivity index (χ4v) is 4.28. The zero-order valence-electron chi connectivity index (χ0n) is 13.2. The maximum Gasteiger partial charge on any atom is 0.235 e. The molecule has 1 N–H and O–H groups in total. The molecule has 3 rings (SSSR count). The van der Waals surface area contributed by atoms with Crippen LogP contribution in [-0.2, 0) is 4.79 Å².